The second kappa shape index (κ2) is 5.56. The van der Waals surface area contributed by atoms with E-state index in [-0.39, 0.29) is 0 Å². The van der Waals surface area contributed by atoms with E-state index in [1.807, 2.05) is 20.8 Å². The van der Waals surface area contributed by atoms with Crippen molar-refractivity contribution in [3.05, 3.63) is 22.2 Å². The summed E-state index contributed by atoms with van der Waals surface area (Å²) in [5, 5.41) is 4.41. The Morgan fingerprint density at radius 1 is 1.37 bits per heavy atom. The number of nitrogen functional groups attached to an aromatic ring is 1. The van der Waals surface area contributed by atoms with E-state index in [0.29, 0.717) is 24.0 Å². The number of anilines is 1. The third-order valence-electron chi connectivity index (χ3n) is 2.67. The SMILES string of the molecule is CCCOc1ncnc(-n2nc(C)c(Br)c2C)c1N. The molecule has 0 unspecified atom stereocenters. The monoisotopic (exact) mass is 325 g/mol. The Morgan fingerprint density at radius 3 is 2.68 bits per heavy atom. The second-order valence-electron chi connectivity index (χ2n) is 4.16. The number of halogens is 1. The lowest BCUT2D eigenvalue weighted by atomic mass is 10.4. The summed E-state index contributed by atoms with van der Waals surface area (Å²) < 4.78 is 8.13. The van der Waals surface area contributed by atoms with Crippen molar-refractivity contribution in [1.82, 2.24) is 19.7 Å². The molecule has 2 aromatic rings. The molecule has 6 nitrogen and oxygen atoms in total. The van der Waals surface area contributed by atoms with Crippen molar-refractivity contribution in [3.63, 3.8) is 0 Å². The van der Waals surface area contributed by atoms with Gasteiger partial charge in [-0.3, -0.25) is 0 Å². The summed E-state index contributed by atoms with van der Waals surface area (Å²) in [6, 6.07) is 0. The van der Waals surface area contributed by atoms with E-state index in [1.165, 1.54) is 6.33 Å². The zero-order valence-corrected chi connectivity index (χ0v) is 12.7. The Kier molecular flexibility index (Phi) is 4.04. The number of hydrogen-bond donors (Lipinski definition) is 1. The van der Waals surface area contributed by atoms with Crippen LogP contribution in [0.5, 0.6) is 5.88 Å². The van der Waals surface area contributed by atoms with Crippen LogP contribution < -0.4 is 10.5 Å². The summed E-state index contributed by atoms with van der Waals surface area (Å²) in [5.41, 5.74) is 8.27. The molecule has 0 radical (unpaired) electrons. The summed E-state index contributed by atoms with van der Waals surface area (Å²) in [5.74, 6) is 0.933. The molecule has 7 heteroatoms. The fourth-order valence-corrected chi connectivity index (χ4v) is 1.93. The molecule has 2 N–H and O–H groups in total. The van der Waals surface area contributed by atoms with Gasteiger partial charge < -0.3 is 10.5 Å². The van der Waals surface area contributed by atoms with Crippen molar-refractivity contribution >= 4 is 21.6 Å². The van der Waals surface area contributed by atoms with Crippen LogP contribution in [0.4, 0.5) is 5.69 Å². The summed E-state index contributed by atoms with van der Waals surface area (Å²) in [6.45, 7) is 6.45. The zero-order chi connectivity index (χ0) is 14.0. The number of nitrogens with two attached hydrogens (primary N) is 1. The first-order valence-corrected chi connectivity index (χ1v) is 6.80. The smallest absolute Gasteiger partial charge is 0.242 e. The van der Waals surface area contributed by atoms with Gasteiger partial charge in [0.15, 0.2) is 5.82 Å². The normalized spacial score (nSPS) is 10.7. The maximum Gasteiger partial charge on any atom is 0.242 e. The molecule has 0 bridgehead atoms. The van der Waals surface area contributed by atoms with Gasteiger partial charge in [0.05, 0.1) is 22.5 Å². The van der Waals surface area contributed by atoms with Gasteiger partial charge in [0.25, 0.3) is 0 Å². The molecule has 0 aliphatic rings. The van der Waals surface area contributed by atoms with Gasteiger partial charge in [-0.15, -0.1) is 0 Å². The standard InChI is InChI=1S/C12H16BrN5O/c1-4-5-19-12-10(14)11(15-6-16-12)18-8(3)9(13)7(2)17-18/h6H,4-5,14H2,1-3H3. The van der Waals surface area contributed by atoms with E-state index in [2.05, 4.69) is 31.0 Å². The summed E-state index contributed by atoms with van der Waals surface area (Å²) >= 11 is 3.48. The number of nitrogens with zero attached hydrogens (tertiary/aromatic N) is 4. The van der Waals surface area contributed by atoms with Crippen LogP contribution in [0.25, 0.3) is 5.82 Å². The van der Waals surface area contributed by atoms with Gasteiger partial charge in [-0.2, -0.15) is 10.1 Å². The van der Waals surface area contributed by atoms with Crippen LogP contribution in [-0.2, 0) is 0 Å². The number of ether oxygens (including phenoxy) is 1. The Bertz CT molecular complexity index is 596. The van der Waals surface area contributed by atoms with Gasteiger partial charge in [0, 0.05) is 0 Å². The highest BCUT2D eigenvalue weighted by Gasteiger charge is 2.16. The van der Waals surface area contributed by atoms with E-state index in [4.69, 9.17) is 10.5 Å². The molecule has 0 fully saturated rings. The molecule has 2 aromatic heterocycles. The minimum Gasteiger partial charge on any atom is -0.476 e. The van der Waals surface area contributed by atoms with Crippen LogP contribution in [-0.4, -0.2) is 26.4 Å². The molecule has 0 aliphatic carbocycles. The first-order chi connectivity index (χ1) is 9.06. The van der Waals surface area contributed by atoms with E-state index >= 15 is 0 Å². The molecule has 0 amide bonds. The third-order valence-corrected chi connectivity index (χ3v) is 3.82. The van der Waals surface area contributed by atoms with Gasteiger partial charge in [0.2, 0.25) is 5.88 Å². The van der Waals surface area contributed by atoms with Crippen molar-refractivity contribution < 1.29 is 4.74 Å². The van der Waals surface area contributed by atoms with Crippen molar-refractivity contribution in [3.8, 4) is 11.7 Å². The van der Waals surface area contributed by atoms with Gasteiger partial charge >= 0.3 is 0 Å². The van der Waals surface area contributed by atoms with Gasteiger partial charge in [-0.25, -0.2) is 9.67 Å². The summed E-state index contributed by atoms with van der Waals surface area (Å²) in [4.78, 5) is 8.25. The first kappa shape index (κ1) is 13.8. The number of aryl methyl sites for hydroxylation is 1. The van der Waals surface area contributed by atoms with E-state index in [0.717, 1.165) is 22.3 Å². The highest BCUT2D eigenvalue weighted by Crippen LogP contribution is 2.28. The van der Waals surface area contributed by atoms with Crippen LogP contribution in [0.15, 0.2) is 10.8 Å². The molecule has 0 aliphatic heterocycles. The molecule has 0 saturated heterocycles. The average Bonchev–Trinajstić information content (AvgIpc) is 2.65. The number of hydrogen-bond acceptors (Lipinski definition) is 5. The third kappa shape index (κ3) is 2.56. The summed E-state index contributed by atoms with van der Waals surface area (Å²) in [6.07, 6.45) is 2.32. The predicted molar refractivity (Wildman–Crippen MR) is 76.5 cm³/mol. The lowest BCUT2D eigenvalue weighted by molar-refractivity contribution is 0.306. The summed E-state index contributed by atoms with van der Waals surface area (Å²) in [7, 11) is 0. The molecule has 2 heterocycles. The molecular formula is C12H16BrN5O. The number of rotatable bonds is 4. The van der Waals surface area contributed by atoms with Crippen molar-refractivity contribution in [2.24, 2.45) is 0 Å². The largest absolute Gasteiger partial charge is 0.476 e. The van der Waals surface area contributed by atoms with Crippen LogP contribution >= 0.6 is 15.9 Å². The lowest BCUT2D eigenvalue weighted by Crippen LogP contribution is -2.10. The topological polar surface area (TPSA) is 78.9 Å². The highest BCUT2D eigenvalue weighted by atomic mass is 79.9. The predicted octanol–water partition coefficient (Wildman–Crippen LogP) is 2.41. The fourth-order valence-electron chi connectivity index (χ4n) is 1.68. The second-order valence-corrected chi connectivity index (χ2v) is 4.95. The van der Waals surface area contributed by atoms with E-state index in [9.17, 15) is 0 Å². The molecular weight excluding hydrogens is 310 g/mol. The van der Waals surface area contributed by atoms with Crippen molar-refractivity contribution in [2.45, 2.75) is 27.2 Å². The number of aromatic nitrogens is 4. The Balaban J connectivity index is 2.47. The molecule has 2 rings (SSSR count). The maximum absolute atomic E-state index is 6.06. The lowest BCUT2D eigenvalue weighted by Gasteiger charge is -2.10. The fraction of sp³-hybridized carbons (Fsp3) is 0.417. The Labute approximate surface area is 120 Å². The van der Waals surface area contributed by atoms with Gasteiger partial charge in [0.1, 0.15) is 12.0 Å². The molecule has 0 saturated carbocycles. The average molecular weight is 326 g/mol. The quantitative estimate of drug-likeness (QED) is 0.933. The van der Waals surface area contributed by atoms with Crippen LogP contribution in [0.2, 0.25) is 0 Å². The minimum absolute atomic E-state index is 0.397. The molecule has 0 aromatic carbocycles. The molecule has 0 spiro atoms. The Hall–Kier alpha value is -1.63. The molecule has 19 heavy (non-hydrogen) atoms. The Morgan fingerprint density at radius 2 is 2.11 bits per heavy atom. The first-order valence-electron chi connectivity index (χ1n) is 6.01. The van der Waals surface area contributed by atoms with Gasteiger partial charge in [-0.1, -0.05) is 6.92 Å². The highest BCUT2D eigenvalue weighted by molar-refractivity contribution is 9.10. The van der Waals surface area contributed by atoms with Crippen LogP contribution in [0.3, 0.4) is 0 Å². The zero-order valence-electron chi connectivity index (χ0n) is 11.1. The molecule has 0 atom stereocenters. The van der Waals surface area contributed by atoms with Gasteiger partial charge in [-0.05, 0) is 36.2 Å². The maximum atomic E-state index is 6.06. The van der Waals surface area contributed by atoms with Crippen LogP contribution in [0, 0.1) is 13.8 Å². The minimum atomic E-state index is 0.397. The molecule has 102 valence electrons. The van der Waals surface area contributed by atoms with Crippen LogP contribution in [0.1, 0.15) is 24.7 Å². The van der Waals surface area contributed by atoms with Crippen molar-refractivity contribution in [1.29, 1.82) is 0 Å². The van der Waals surface area contributed by atoms with E-state index in [1.54, 1.807) is 4.68 Å². The van der Waals surface area contributed by atoms with E-state index < -0.39 is 0 Å². The van der Waals surface area contributed by atoms with Crippen molar-refractivity contribution in [2.75, 3.05) is 12.3 Å².